The summed E-state index contributed by atoms with van der Waals surface area (Å²) in [4.78, 5) is 10.5. The molecule has 1 aromatic carbocycles. The van der Waals surface area contributed by atoms with Crippen LogP contribution in [0.15, 0.2) is 23.1 Å². The molecule has 0 radical (unpaired) electrons. The summed E-state index contributed by atoms with van der Waals surface area (Å²) in [6.45, 7) is 0. The standard InChI is InChI=1S/C8H6Cl2O2S/c9-6-2-1-3-7(10)8(6)13(12)5-4-11/h1-4H,5H2. The Morgan fingerprint density at radius 2 is 1.85 bits per heavy atom. The number of hydrogen-bond donors (Lipinski definition) is 0. The van der Waals surface area contributed by atoms with Crippen LogP contribution in [0.4, 0.5) is 0 Å². The van der Waals surface area contributed by atoms with E-state index in [4.69, 9.17) is 23.2 Å². The molecule has 13 heavy (non-hydrogen) atoms. The van der Waals surface area contributed by atoms with E-state index in [1.165, 1.54) is 0 Å². The Morgan fingerprint density at radius 3 is 2.31 bits per heavy atom. The number of aldehydes is 1. The quantitative estimate of drug-likeness (QED) is 0.756. The zero-order chi connectivity index (χ0) is 9.84. The average Bonchev–Trinajstić information content (AvgIpc) is 2.04. The Hall–Kier alpha value is -0.380. The molecule has 0 fully saturated rings. The first-order valence-corrected chi connectivity index (χ1v) is 5.50. The SMILES string of the molecule is O=CCS(=O)c1c(Cl)cccc1Cl. The van der Waals surface area contributed by atoms with E-state index >= 15 is 0 Å². The fraction of sp³-hybridized carbons (Fsp3) is 0.125. The summed E-state index contributed by atoms with van der Waals surface area (Å²) in [7, 11) is -1.44. The zero-order valence-electron chi connectivity index (χ0n) is 6.50. The van der Waals surface area contributed by atoms with Gasteiger partial charge in [0.15, 0.2) is 0 Å². The molecule has 70 valence electrons. The van der Waals surface area contributed by atoms with E-state index in [-0.39, 0.29) is 5.75 Å². The second-order valence-corrected chi connectivity index (χ2v) is 4.48. The molecule has 1 atom stereocenters. The lowest BCUT2D eigenvalue weighted by atomic mass is 10.4. The largest absolute Gasteiger partial charge is 0.302 e. The van der Waals surface area contributed by atoms with Crippen LogP contribution in [-0.4, -0.2) is 16.2 Å². The Bertz CT molecular complexity index is 332. The Balaban J connectivity index is 3.12. The Kier molecular flexibility index (Phi) is 3.90. The molecule has 5 heteroatoms. The maximum atomic E-state index is 11.4. The predicted octanol–water partition coefficient (Wildman–Crippen LogP) is 2.30. The van der Waals surface area contributed by atoms with Crippen molar-refractivity contribution in [3.63, 3.8) is 0 Å². The van der Waals surface area contributed by atoms with Crippen molar-refractivity contribution in [2.45, 2.75) is 4.90 Å². The summed E-state index contributed by atoms with van der Waals surface area (Å²) in [6, 6.07) is 4.84. The van der Waals surface area contributed by atoms with E-state index in [9.17, 15) is 9.00 Å². The second-order valence-electron chi connectivity index (χ2n) is 2.23. The van der Waals surface area contributed by atoms with Gasteiger partial charge in [0.25, 0.3) is 0 Å². The molecule has 0 amide bonds. The van der Waals surface area contributed by atoms with Crippen molar-refractivity contribution in [2.24, 2.45) is 0 Å². The summed E-state index contributed by atoms with van der Waals surface area (Å²) in [5.41, 5.74) is 0. The molecule has 1 rings (SSSR count). The van der Waals surface area contributed by atoms with Gasteiger partial charge in [0, 0.05) is 0 Å². The van der Waals surface area contributed by atoms with Gasteiger partial charge >= 0.3 is 0 Å². The van der Waals surface area contributed by atoms with Gasteiger partial charge in [-0.3, -0.25) is 4.21 Å². The Morgan fingerprint density at radius 1 is 1.31 bits per heavy atom. The summed E-state index contributed by atoms with van der Waals surface area (Å²) >= 11 is 11.5. The molecule has 1 aromatic rings. The van der Waals surface area contributed by atoms with Gasteiger partial charge in [0.2, 0.25) is 0 Å². The van der Waals surface area contributed by atoms with Crippen LogP contribution in [0.1, 0.15) is 0 Å². The van der Waals surface area contributed by atoms with Crippen LogP contribution in [0, 0.1) is 0 Å². The van der Waals surface area contributed by atoms with Crippen LogP contribution < -0.4 is 0 Å². The van der Waals surface area contributed by atoms with E-state index in [2.05, 4.69) is 0 Å². The third kappa shape index (κ3) is 2.53. The topological polar surface area (TPSA) is 34.1 Å². The molecule has 0 N–H and O–H groups in total. The molecule has 0 saturated heterocycles. The minimum Gasteiger partial charge on any atom is -0.302 e. The second kappa shape index (κ2) is 4.74. The molecule has 2 nitrogen and oxygen atoms in total. The highest BCUT2D eigenvalue weighted by Crippen LogP contribution is 2.27. The monoisotopic (exact) mass is 236 g/mol. The average molecular weight is 237 g/mol. The van der Waals surface area contributed by atoms with E-state index < -0.39 is 10.8 Å². The van der Waals surface area contributed by atoms with Gasteiger partial charge < -0.3 is 4.79 Å². The Labute approximate surface area is 88.3 Å². The molecule has 0 saturated carbocycles. The molecule has 0 spiro atoms. The van der Waals surface area contributed by atoms with Crippen LogP contribution in [0.3, 0.4) is 0 Å². The van der Waals surface area contributed by atoms with E-state index in [0.717, 1.165) is 0 Å². The lowest BCUT2D eigenvalue weighted by molar-refractivity contribution is -0.105. The van der Waals surface area contributed by atoms with Gasteiger partial charge in [-0.15, -0.1) is 0 Å². The summed E-state index contributed by atoms with van der Waals surface area (Å²) in [5, 5.41) is 0.653. The normalized spacial score (nSPS) is 12.5. The molecule has 0 aliphatic rings. The van der Waals surface area contributed by atoms with Crippen molar-refractivity contribution in [1.82, 2.24) is 0 Å². The van der Waals surface area contributed by atoms with Crippen molar-refractivity contribution in [3.05, 3.63) is 28.2 Å². The molecule has 0 aliphatic heterocycles. The van der Waals surface area contributed by atoms with Crippen molar-refractivity contribution in [2.75, 3.05) is 5.75 Å². The smallest absolute Gasteiger partial charge is 0.132 e. The number of rotatable bonds is 3. The highest BCUT2D eigenvalue weighted by Gasteiger charge is 2.11. The molecular formula is C8H6Cl2O2S. The molecule has 0 bridgehead atoms. The third-order valence-electron chi connectivity index (χ3n) is 1.37. The predicted molar refractivity (Wildman–Crippen MR) is 53.8 cm³/mol. The molecular weight excluding hydrogens is 231 g/mol. The van der Waals surface area contributed by atoms with E-state index in [0.29, 0.717) is 21.2 Å². The summed E-state index contributed by atoms with van der Waals surface area (Å²) < 4.78 is 11.4. The van der Waals surface area contributed by atoms with Crippen LogP contribution >= 0.6 is 23.2 Å². The minimum atomic E-state index is -1.44. The number of hydrogen-bond acceptors (Lipinski definition) is 2. The first kappa shape index (κ1) is 10.7. The zero-order valence-corrected chi connectivity index (χ0v) is 8.83. The first-order chi connectivity index (χ1) is 6.16. The lowest BCUT2D eigenvalue weighted by Gasteiger charge is -2.03. The van der Waals surface area contributed by atoms with Crippen molar-refractivity contribution < 1.29 is 9.00 Å². The van der Waals surface area contributed by atoms with Gasteiger partial charge in [-0.1, -0.05) is 29.3 Å². The van der Waals surface area contributed by atoms with Crippen molar-refractivity contribution in [3.8, 4) is 0 Å². The first-order valence-electron chi connectivity index (χ1n) is 3.43. The van der Waals surface area contributed by atoms with Gasteiger partial charge in [-0.2, -0.15) is 0 Å². The van der Waals surface area contributed by atoms with Crippen molar-refractivity contribution in [1.29, 1.82) is 0 Å². The van der Waals surface area contributed by atoms with Gasteiger partial charge in [0.05, 0.1) is 31.5 Å². The van der Waals surface area contributed by atoms with Gasteiger partial charge in [-0.05, 0) is 12.1 Å². The fourth-order valence-electron chi connectivity index (χ4n) is 0.845. The fourth-order valence-corrected chi connectivity index (χ4v) is 2.62. The number of carbonyl (C=O) groups is 1. The molecule has 0 aliphatic carbocycles. The van der Waals surface area contributed by atoms with Crippen LogP contribution in [0.2, 0.25) is 10.0 Å². The van der Waals surface area contributed by atoms with Gasteiger partial charge in [0.1, 0.15) is 6.29 Å². The van der Waals surface area contributed by atoms with E-state index in [1.54, 1.807) is 18.2 Å². The molecule has 1 unspecified atom stereocenters. The molecule has 0 heterocycles. The van der Waals surface area contributed by atoms with Crippen LogP contribution in [0.25, 0.3) is 0 Å². The van der Waals surface area contributed by atoms with Gasteiger partial charge in [-0.25, -0.2) is 0 Å². The van der Waals surface area contributed by atoms with Crippen molar-refractivity contribution >= 4 is 40.3 Å². The maximum absolute atomic E-state index is 11.4. The maximum Gasteiger partial charge on any atom is 0.132 e. The lowest BCUT2D eigenvalue weighted by Crippen LogP contribution is -2.00. The number of benzene rings is 1. The van der Waals surface area contributed by atoms with E-state index in [1.807, 2.05) is 0 Å². The third-order valence-corrected chi connectivity index (χ3v) is 3.55. The minimum absolute atomic E-state index is 0.0799. The highest BCUT2D eigenvalue weighted by atomic mass is 35.5. The van der Waals surface area contributed by atoms with Crippen LogP contribution in [-0.2, 0) is 15.6 Å². The summed E-state index contributed by atoms with van der Waals surface area (Å²) in [5.74, 6) is -0.0799. The highest BCUT2D eigenvalue weighted by molar-refractivity contribution is 7.86. The summed E-state index contributed by atoms with van der Waals surface area (Å²) in [6.07, 6.45) is 0.579. The van der Waals surface area contributed by atoms with Crippen LogP contribution in [0.5, 0.6) is 0 Å². The number of carbonyl (C=O) groups excluding carboxylic acids is 1. The number of halogens is 2. The molecule has 0 aromatic heterocycles.